The Labute approximate surface area is 177 Å². The summed E-state index contributed by atoms with van der Waals surface area (Å²) in [5, 5.41) is 18.8. The Kier molecular flexibility index (Phi) is 6.69. The van der Waals surface area contributed by atoms with Gasteiger partial charge in [0.15, 0.2) is 0 Å². The number of nitrogens with zero attached hydrogens (tertiary/aromatic N) is 2. The van der Waals surface area contributed by atoms with E-state index in [-0.39, 0.29) is 18.3 Å². The minimum atomic E-state index is -4.39. The van der Waals surface area contributed by atoms with Gasteiger partial charge in [-0.3, -0.25) is 9.69 Å². The number of nitriles is 1. The van der Waals surface area contributed by atoms with Crippen LogP contribution < -0.4 is 0 Å². The van der Waals surface area contributed by atoms with Gasteiger partial charge in [-0.05, 0) is 53.6 Å². The second-order valence-corrected chi connectivity index (χ2v) is 8.04. The smallest absolute Gasteiger partial charge is 0.416 e. The van der Waals surface area contributed by atoms with Crippen molar-refractivity contribution in [3.8, 4) is 6.07 Å². The molecule has 2 atom stereocenters. The van der Waals surface area contributed by atoms with Gasteiger partial charge in [-0.25, -0.2) is 0 Å². The topological polar surface area (TPSA) is 64.3 Å². The van der Waals surface area contributed by atoms with E-state index in [0.29, 0.717) is 36.6 Å². The van der Waals surface area contributed by atoms with Gasteiger partial charge < -0.3 is 5.11 Å². The summed E-state index contributed by atoms with van der Waals surface area (Å²) in [6.45, 7) is 1.65. The zero-order valence-corrected chi connectivity index (χ0v) is 16.7. The van der Waals surface area contributed by atoms with Crippen molar-refractivity contribution in [1.82, 2.24) is 4.90 Å². The number of rotatable bonds is 5. The number of benzene rings is 2. The highest BCUT2D eigenvalue weighted by molar-refractivity contribution is 6.31. The SMILES string of the molecule is N#Cc1cc(CN2CC(CC(=O)O)CC(c3ccc(C(F)(F)F)cc3)C2)ccc1Cl. The molecule has 8 heteroatoms. The zero-order valence-electron chi connectivity index (χ0n) is 16.0. The van der Waals surface area contributed by atoms with Crippen LogP contribution in [0.1, 0.15) is 41.0 Å². The second kappa shape index (κ2) is 9.07. The number of carboxylic acids is 1. The highest BCUT2D eigenvalue weighted by Crippen LogP contribution is 2.35. The highest BCUT2D eigenvalue weighted by Gasteiger charge is 2.32. The molecule has 1 saturated heterocycles. The Morgan fingerprint density at radius 1 is 1.20 bits per heavy atom. The van der Waals surface area contributed by atoms with E-state index in [0.717, 1.165) is 23.3 Å². The van der Waals surface area contributed by atoms with Gasteiger partial charge in [0, 0.05) is 26.1 Å². The number of alkyl halides is 3. The molecule has 2 unspecified atom stereocenters. The standard InChI is InChI=1S/C22H20ClF3N2O2/c23-20-6-1-14(7-17(20)10-27)11-28-12-15(9-21(29)30)8-18(13-28)16-2-4-19(5-3-16)22(24,25)26/h1-7,15,18H,8-9,11-13H2,(H,29,30). The van der Waals surface area contributed by atoms with Crippen molar-refractivity contribution in [3.05, 3.63) is 69.7 Å². The van der Waals surface area contributed by atoms with E-state index in [9.17, 15) is 23.1 Å². The molecule has 0 saturated carbocycles. The van der Waals surface area contributed by atoms with Crippen molar-refractivity contribution in [2.24, 2.45) is 5.92 Å². The van der Waals surface area contributed by atoms with Crippen molar-refractivity contribution in [2.75, 3.05) is 13.1 Å². The Bertz CT molecular complexity index is 954. The molecule has 0 amide bonds. The molecule has 0 bridgehead atoms. The van der Waals surface area contributed by atoms with Gasteiger partial charge in [0.1, 0.15) is 6.07 Å². The minimum Gasteiger partial charge on any atom is -0.481 e. The molecule has 1 aliphatic rings. The van der Waals surface area contributed by atoms with E-state index < -0.39 is 17.7 Å². The van der Waals surface area contributed by atoms with Crippen LogP contribution in [0, 0.1) is 17.2 Å². The fourth-order valence-electron chi connectivity index (χ4n) is 4.03. The summed E-state index contributed by atoms with van der Waals surface area (Å²) >= 11 is 5.99. The third kappa shape index (κ3) is 5.53. The van der Waals surface area contributed by atoms with Crippen molar-refractivity contribution < 1.29 is 23.1 Å². The molecule has 0 spiro atoms. The lowest BCUT2D eigenvalue weighted by atomic mass is 9.82. The third-order valence-electron chi connectivity index (χ3n) is 5.34. The predicted octanol–water partition coefficient (Wildman–Crippen LogP) is 5.31. The Hall–Kier alpha value is -2.56. The van der Waals surface area contributed by atoms with Crippen molar-refractivity contribution in [3.63, 3.8) is 0 Å². The van der Waals surface area contributed by atoms with E-state index >= 15 is 0 Å². The lowest BCUT2D eigenvalue weighted by molar-refractivity contribution is -0.139. The molecule has 1 N–H and O–H groups in total. The van der Waals surface area contributed by atoms with Crippen LogP contribution in [0.15, 0.2) is 42.5 Å². The fraction of sp³-hybridized carbons (Fsp3) is 0.364. The second-order valence-electron chi connectivity index (χ2n) is 7.64. The van der Waals surface area contributed by atoms with Gasteiger partial charge in [-0.1, -0.05) is 29.8 Å². The lowest BCUT2D eigenvalue weighted by Gasteiger charge is -2.38. The Balaban J connectivity index is 1.80. The number of piperidine rings is 1. The fourth-order valence-corrected chi connectivity index (χ4v) is 4.19. The maximum absolute atomic E-state index is 12.9. The number of aliphatic carboxylic acids is 1. The monoisotopic (exact) mass is 436 g/mol. The normalized spacial score (nSPS) is 20.0. The number of carboxylic acid groups (broad SMARTS) is 1. The predicted molar refractivity (Wildman–Crippen MR) is 106 cm³/mol. The summed E-state index contributed by atoms with van der Waals surface area (Å²) < 4.78 is 38.6. The van der Waals surface area contributed by atoms with Crippen molar-refractivity contribution in [2.45, 2.75) is 31.5 Å². The Morgan fingerprint density at radius 2 is 1.90 bits per heavy atom. The van der Waals surface area contributed by atoms with Crippen LogP contribution in [-0.4, -0.2) is 29.1 Å². The van der Waals surface area contributed by atoms with E-state index in [1.54, 1.807) is 12.1 Å². The van der Waals surface area contributed by atoms with Gasteiger partial charge in [-0.2, -0.15) is 18.4 Å². The summed E-state index contributed by atoms with van der Waals surface area (Å²) in [6.07, 6.45) is -3.80. The first-order chi connectivity index (χ1) is 14.2. The molecule has 2 aromatic rings. The Morgan fingerprint density at radius 3 is 2.50 bits per heavy atom. The van der Waals surface area contributed by atoms with Crippen LogP contribution in [0.25, 0.3) is 0 Å². The number of carbonyl (C=O) groups is 1. The van der Waals surface area contributed by atoms with E-state index in [4.69, 9.17) is 16.9 Å². The molecule has 0 aliphatic carbocycles. The summed E-state index contributed by atoms with van der Waals surface area (Å²) in [5.74, 6) is -1.09. The van der Waals surface area contributed by atoms with Gasteiger partial charge in [0.2, 0.25) is 0 Å². The van der Waals surface area contributed by atoms with Gasteiger partial charge >= 0.3 is 12.1 Å². The lowest BCUT2D eigenvalue weighted by Crippen LogP contribution is -2.39. The van der Waals surface area contributed by atoms with E-state index in [1.165, 1.54) is 12.1 Å². The maximum Gasteiger partial charge on any atom is 0.416 e. The number of likely N-dealkylation sites (tertiary alicyclic amines) is 1. The van der Waals surface area contributed by atoms with Crippen molar-refractivity contribution >= 4 is 17.6 Å². The molecular weight excluding hydrogens is 417 g/mol. The molecule has 158 valence electrons. The van der Waals surface area contributed by atoms with Crippen LogP contribution in [0.3, 0.4) is 0 Å². The third-order valence-corrected chi connectivity index (χ3v) is 5.67. The van der Waals surface area contributed by atoms with Gasteiger partial charge in [0.05, 0.1) is 16.1 Å². The number of halogens is 4. The van der Waals surface area contributed by atoms with Gasteiger partial charge in [-0.15, -0.1) is 0 Å². The maximum atomic E-state index is 12.9. The highest BCUT2D eigenvalue weighted by atomic mass is 35.5. The zero-order chi connectivity index (χ0) is 21.9. The molecule has 30 heavy (non-hydrogen) atoms. The van der Waals surface area contributed by atoms with Crippen LogP contribution >= 0.6 is 11.6 Å². The van der Waals surface area contributed by atoms with Crippen LogP contribution in [0.4, 0.5) is 13.2 Å². The molecule has 0 aromatic heterocycles. The molecule has 2 aromatic carbocycles. The molecule has 3 rings (SSSR count). The van der Waals surface area contributed by atoms with E-state index in [2.05, 4.69) is 4.90 Å². The molecular formula is C22H20ClF3N2O2. The average Bonchev–Trinajstić information content (AvgIpc) is 2.68. The first-order valence-corrected chi connectivity index (χ1v) is 9.83. The molecule has 0 radical (unpaired) electrons. The first kappa shape index (κ1) is 22.1. The molecule has 1 heterocycles. The quantitative estimate of drug-likeness (QED) is 0.689. The summed E-state index contributed by atoms with van der Waals surface area (Å²) in [5.41, 5.74) is 1.30. The molecule has 1 fully saturated rings. The summed E-state index contributed by atoms with van der Waals surface area (Å²) in [6, 6.07) is 12.3. The summed E-state index contributed by atoms with van der Waals surface area (Å²) in [4.78, 5) is 13.3. The number of hydrogen-bond acceptors (Lipinski definition) is 3. The first-order valence-electron chi connectivity index (χ1n) is 9.45. The van der Waals surface area contributed by atoms with Crippen LogP contribution in [0.5, 0.6) is 0 Å². The number of hydrogen-bond donors (Lipinski definition) is 1. The average molecular weight is 437 g/mol. The van der Waals surface area contributed by atoms with Crippen LogP contribution in [-0.2, 0) is 17.5 Å². The largest absolute Gasteiger partial charge is 0.481 e. The molecule has 1 aliphatic heterocycles. The minimum absolute atomic E-state index is 0.00228. The summed E-state index contributed by atoms with van der Waals surface area (Å²) in [7, 11) is 0. The van der Waals surface area contributed by atoms with E-state index in [1.807, 2.05) is 12.1 Å². The van der Waals surface area contributed by atoms with Gasteiger partial charge in [0.25, 0.3) is 0 Å². The van der Waals surface area contributed by atoms with Crippen LogP contribution in [0.2, 0.25) is 5.02 Å². The molecule has 4 nitrogen and oxygen atoms in total. The van der Waals surface area contributed by atoms with Crippen molar-refractivity contribution in [1.29, 1.82) is 5.26 Å².